The lowest BCUT2D eigenvalue weighted by Crippen LogP contribution is -2.51. The molecule has 2 aliphatic rings. The standard InChI is InChI=1S/C27H24F3N3O4S/c1-36-20-8-6-19(7-9-20)31-25(35)33-12-13-38-26(33)22-15-21(37-2)10-11-23(22)32(24(26)34)16-17-4-3-5-18(14-17)27(28,29)30/h3-11,14-15H,12-13,16H2,1-2H3,(H,31,35). The molecule has 1 saturated heterocycles. The molecule has 1 fully saturated rings. The van der Waals surface area contributed by atoms with E-state index >= 15 is 0 Å². The molecule has 7 nitrogen and oxygen atoms in total. The second kappa shape index (κ2) is 9.79. The number of fused-ring (bicyclic) bond motifs is 2. The van der Waals surface area contributed by atoms with Gasteiger partial charge in [-0.05, 0) is 60.2 Å². The van der Waals surface area contributed by atoms with Crippen LogP contribution in [0, 0.1) is 0 Å². The monoisotopic (exact) mass is 543 g/mol. The van der Waals surface area contributed by atoms with Crippen molar-refractivity contribution in [2.24, 2.45) is 0 Å². The number of thioether (sulfide) groups is 1. The Morgan fingerprint density at radius 2 is 1.74 bits per heavy atom. The Morgan fingerprint density at radius 1 is 1.03 bits per heavy atom. The summed E-state index contributed by atoms with van der Waals surface area (Å²) in [6, 6.07) is 16.3. The minimum absolute atomic E-state index is 0.0850. The molecule has 2 aliphatic heterocycles. The number of hydrogen-bond donors (Lipinski definition) is 1. The van der Waals surface area contributed by atoms with E-state index in [1.165, 1.54) is 34.7 Å². The number of amides is 3. The maximum absolute atomic E-state index is 14.1. The van der Waals surface area contributed by atoms with E-state index in [0.29, 0.717) is 46.3 Å². The van der Waals surface area contributed by atoms with Gasteiger partial charge in [0.25, 0.3) is 5.91 Å². The number of ether oxygens (including phenoxy) is 2. The number of carbonyl (C=O) groups is 2. The minimum atomic E-state index is -4.50. The van der Waals surface area contributed by atoms with E-state index in [2.05, 4.69) is 5.32 Å². The fraction of sp³-hybridized carbons (Fsp3) is 0.259. The van der Waals surface area contributed by atoms with E-state index in [1.807, 2.05) is 0 Å². The lowest BCUT2D eigenvalue weighted by molar-refractivity contribution is -0.137. The van der Waals surface area contributed by atoms with Gasteiger partial charge in [0.15, 0.2) is 4.87 Å². The third-order valence-electron chi connectivity index (χ3n) is 6.58. The summed E-state index contributed by atoms with van der Waals surface area (Å²) in [5, 5.41) is 2.85. The highest BCUT2D eigenvalue weighted by atomic mass is 32.2. The van der Waals surface area contributed by atoms with E-state index in [9.17, 15) is 22.8 Å². The first-order valence-electron chi connectivity index (χ1n) is 11.7. The van der Waals surface area contributed by atoms with Gasteiger partial charge in [-0.3, -0.25) is 9.69 Å². The number of nitrogens with zero attached hydrogens (tertiary/aromatic N) is 2. The topological polar surface area (TPSA) is 71.1 Å². The van der Waals surface area contributed by atoms with E-state index in [0.717, 1.165) is 12.1 Å². The van der Waals surface area contributed by atoms with Crippen molar-refractivity contribution >= 4 is 35.1 Å². The molecule has 1 N–H and O–H groups in total. The van der Waals surface area contributed by atoms with Crippen LogP contribution in [-0.4, -0.2) is 43.4 Å². The predicted octanol–water partition coefficient (Wildman–Crippen LogP) is 5.70. The molecule has 3 aromatic carbocycles. The molecule has 1 unspecified atom stereocenters. The SMILES string of the molecule is COc1ccc(NC(=O)N2CCSC23C(=O)N(Cc2cccc(C(F)(F)F)c2)c2ccc(OC)cc23)cc1. The van der Waals surface area contributed by atoms with Crippen LogP contribution in [-0.2, 0) is 22.4 Å². The number of carbonyl (C=O) groups excluding carboxylic acids is 2. The summed E-state index contributed by atoms with van der Waals surface area (Å²) in [5.41, 5.74) is 1.14. The van der Waals surface area contributed by atoms with E-state index in [-0.39, 0.29) is 6.54 Å². The lowest BCUT2D eigenvalue weighted by atomic mass is 10.1. The molecule has 2 heterocycles. The number of rotatable bonds is 5. The third-order valence-corrected chi connectivity index (χ3v) is 8.00. The van der Waals surface area contributed by atoms with E-state index in [4.69, 9.17) is 9.47 Å². The molecule has 0 saturated carbocycles. The molecule has 0 bridgehead atoms. The van der Waals surface area contributed by atoms with Crippen LogP contribution >= 0.6 is 11.8 Å². The van der Waals surface area contributed by atoms with E-state index < -0.39 is 28.5 Å². The van der Waals surface area contributed by atoms with Gasteiger partial charge < -0.3 is 19.7 Å². The highest BCUT2D eigenvalue weighted by Gasteiger charge is 2.59. The van der Waals surface area contributed by atoms with Crippen LogP contribution in [0.15, 0.2) is 66.7 Å². The first-order valence-corrected chi connectivity index (χ1v) is 12.7. The quantitative estimate of drug-likeness (QED) is 0.447. The molecular formula is C27H24F3N3O4S. The van der Waals surface area contributed by atoms with Gasteiger partial charge in [0, 0.05) is 23.5 Å². The van der Waals surface area contributed by atoms with Crippen molar-refractivity contribution in [3.05, 3.63) is 83.4 Å². The molecular weight excluding hydrogens is 519 g/mol. The predicted molar refractivity (Wildman–Crippen MR) is 138 cm³/mol. The maximum atomic E-state index is 14.1. The smallest absolute Gasteiger partial charge is 0.416 e. The highest BCUT2D eigenvalue weighted by molar-refractivity contribution is 8.01. The van der Waals surface area contributed by atoms with Crippen LogP contribution < -0.4 is 19.7 Å². The summed E-state index contributed by atoms with van der Waals surface area (Å²) in [7, 11) is 3.04. The second-order valence-electron chi connectivity index (χ2n) is 8.78. The lowest BCUT2D eigenvalue weighted by Gasteiger charge is -2.33. The highest BCUT2D eigenvalue weighted by Crippen LogP contribution is 2.55. The van der Waals surface area contributed by atoms with Gasteiger partial charge in [0.1, 0.15) is 11.5 Å². The molecule has 1 atom stereocenters. The first-order chi connectivity index (χ1) is 18.2. The molecule has 3 aromatic rings. The summed E-state index contributed by atoms with van der Waals surface area (Å²) in [6.45, 7) is 0.213. The maximum Gasteiger partial charge on any atom is 0.416 e. The van der Waals surface area contributed by atoms with Crippen molar-refractivity contribution < 1.29 is 32.2 Å². The molecule has 0 radical (unpaired) electrons. The second-order valence-corrected chi connectivity index (χ2v) is 10.1. The van der Waals surface area contributed by atoms with Gasteiger partial charge >= 0.3 is 12.2 Å². The van der Waals surface area contributed by atoms with Crippen molar-refractivity contribution in [2.75, 3.05) is 36.7 Å². The summed E-state index contributed by atoms with van der Waals surface area (Å²) >= 11 is 1.32. The Morgan fingerprint density at radius 3 is 2.42 bits per heavy atom. The molecule has 11 heteroatoms. The fourth-order valence-corrected chi connectivity index (χ4v) is 6.22. The zero-order valence-corrected chi connectivity index (χ0v) is 21.4. The van der Waals surface area contributed by atoms with Gasteiger partial charge in [0.2, 0.25) is 0 Å². The Balaban J connectivity index is 1.51. The van der Waals surface area contributed by atoms with Crippen LogP contribution in [0.1, 0.15) is 16.7 Å². The molecule has 1 spiro atoms. The fourth-order valence-electron chi connectivity index (χ4n) is 4.77. The van der Waals surface area contributed by atoms with Gasteiger partial charge in [0.05, 0.1) is 32.0 Å². The van der Waals surface area contributed by atoms with E-state index in [1.54, 1.807) is 55.6 Å². The van der Waals surface area contributed by atoms with Crippen LogP contribution in [0.2, 0.25) is 0 Å². The van der Waals surface area contributed by atoms with Gasteiger partial charge in [-0.15, -0.1) is 11.8 Å². The summed E-state index contributed by atoms with van der Waals surface area (Å²) in [6.07, 6.45) is -4.50. The number of anilines is 2. The summed E-state index contributed by atoms with van der Waals surface area (Å²) in [4.78, 5) is 29.2. The number of methoxy groups -OCH3 is 2. The zero-order valence-electron chi connectivity index (χ0n) is 20.5. The average Bonchev–Trinajstić information content (AvgIpc) is 3.45. The first kappa shape index (κ1) is 25.8. The molecule has 0 aromatic heterocycles. The van der Waals surface area contributed by atoms with Gasteiger partial charge in [-0.2, -0.15) is 13.2 Å². The number of alkyl halides is 3. The molecule has 0 aliphatic carbocycles. The number of hydrogen-bond acceptors (Lipinski definition) is 5. The van der Waals surface area contributed by atoms with Crippen LogP contribution in [0.4, 0.5) is 29.3 Å². The largest absolute Gasteiger partial charge is 0.497 e. The Labute approximate surface area is 221 Å². The number of benzene rings is 3. The van der Waals surface area contributed by atoms with Crippen molar-refractivity contribution in [3.8, 4) is 11.5 Å². The zero-order chi connectivity index (χ0) is 27.1. The third kappa shape index (κ3) is 4.40. The Kier molecular flexibility index (Phi) is 6.64. The minimum Gasteiger partial charge on any atom is -0.497 e. The number of halogens is 3. The average molecular weight is 544 g/mol. The van der Waals surface area contributed by atoms with Crippen molar-refractivity contribution in [1.82, 2.24) is 4.90 Å². The van der Waals surface area contributed by atoms with Crippen LogP contribution in [0.3, 0.4) is 0 Å². The van der Waals surface area contributed by atoms with Crippen molar-refractivity contribution in [1.29, 1.82) is 0 Å². The normalized spacial score (nSPS) is 18.6. The molecule has 38 heavy (non-hydrogen) atoms. The number of nitrogens with one attached hydrogen (secondary N) is 1. The van der Waals surface area contributed by atoms with Gasteiger partial charge in [-0.25, -0.2) is 4.79 Å². The van der Waals surface area contributed by atoms with Crippen LogP contribution in [0.25, 0.3) is 0 Å². The van der Waals surface area contributed by atoms with Crippen LogP contribution in [0.5, 0.6) is 11.5 Å². The van der Waals surface area contributed by atoms with Crippen molar-refractivity contribution in [2.45, 2.75) is 17.6 Å². The summed E-state index contributed by atoms with van der Waals surface area (Å²) in [5.74, 6) is 1.23. The molecule has 5 rings (SSSR count). The summed E-state index contributed by atoms with van der Waals surface area (Å²) < 4.78 is 50.5. The van der Waals surface area contributed by atoms with Gasteiger partial charge in [-0.1, -0.05) is 12.1 Å². The van der Waals surface area contributed by atoms with Crippen molar-refractivity contribution in [3.63, 3.8) is 0 Å². The number of urea groups is 1. The molecule has 3 amide bonds. The Bertz CT molecular complexity index is 1380. The Hall–Kier alpha value is -3.86. The molecule has 198 valence electrons.